The molecule has 2 heterocycles. The molecule has 0 saturated heterocycles. The number of aromatic nitrogens is 2. The van der Waals surface area contributed by atoms with Gasteiger partial charge in [0.05, 0.1) is 5.52 Å². The van der Waals surface area contributed by atoms with Crippen molar-refractivity contribution in [3.8, 4) is 0 Å². The highest BCUT2D eigenvalue weighted by Crippen LogP contribution is 2.38. The molecule has 6 nitrogen and oxygen atoms in total. The Labute approximate surface area is 145 Å². The van der Waals surface area contributed by atoms with Gasteiger partial charge in [0.15, 0.2) is 0 Å². The maximum Gasteiger partial charge on any atom is 0.312 e. The van der Waals surface area contributed by atoms with Gasteiger partial charge in [0.25, 0.3) is 5.79 Å². The lowest BCUT2D eigenvalue weighted by Gasteiger charge is -2.37. The van der Waals surface area contributed by atoms with Crippen LogP contribution in [0, 0.1) is 27.7 Å². The van der Waals surface area contributed by atoms with Crippen molar-refractivity contribution in [3.63, 3.8) is 0 Å². The van der Waals surface area contributed by atoms with Crippen LogP contribution in [0.1, 0.15) is 28.1 Å². The molecule has 3 aromatic rings. The average Bonchev–Trinajstić information content (AvgIpc) is 2.79. The topological polar surface area (TPSA) is 98.7 Å². The Morgan fingerprint density at radius 1 is 0.920 bits per heavy atom. The first-order valence-electron chi connectivity index (χ1n) is 7.98. The van der Waals surface area contributed by atoms with Gasteiger partial charge < -0.3 is 20.4 Å². The van der Waals surface area contributed by atoms with Crippen LogP contribution in [0.5, 0.6) is 0 Å². The van der Waals surface area contributed by atoms with Crippen LogP contribution in [0.4, 0.5) is 0 Å². The number of benzene rings is 1. The number of aryl methyl sites for hydroxylation is 3. The Balaban J connectivity index is 2.25. The summed E-state index contributed by atoms with van der Waals surface area (Å²) in [6.07, 6.45) is 1.22. The first-order chi connectivity index (χ1) is 11.6. The maximum atomic E-state index is 10.8. The second-order valence-corrected chi connectivity index (χ2v) is 6.56. The number of aliphatic hydroxyl groups is 4. The summed E-state index contributed by atoms with van der Waals surface area (Å²) in [5.74, 6) is -5.95. The maximum absolute atomic E-state index is 10.8. The fourth-order valence-electron chi connectivity index (χ4n) is 3.11. The third-order valence-corrected chi connectivity index (χ3v) is 4.77. The standard InChI is InChI=1S/C19H22N2O4/c1-11-5-8-17-16(9-11)13(3)14(4)21(17)19(24,25)18(22,23)15-7-6-12(2)20-10-15/h5-10,22-25H,1-4H3. The molecular formula is C19H22N2O4. The van der Waals surface area contributed by atoms with E-state index in [-0.39, 0.29) is 5.56 Å². The smallest absolute Gasteiger partial charge is 0.312 e. The van der Waals surface area contributed by atoms with Crippen molar-refractivity contribution in [2.45, 2.75) is 39.4 Å². The van der Waals surface area contributed by atoms with Gasteiger partial charge in [-0.2, -0.15) is 0 Å². The van der Waals surface area contributed by atoms with E-state index in [9.17, 15) is 20.4 Å². The molecule has 0 bridgehead atoms. The summed E-state index contributed by atoms with van der Waals surface area (Å²) in [5, 5.41) is 43.6. The summed E-state index contributed by atoms with van der Waals surface area (Å²) in [4.78, 5) is 4.00. The van der Waals surface area contributed by atoms with E-state index < -0.39 is 11.7 Å². The third-order valence-electron chi connectivity index (χ3n) is 4.77. The van der Waals surface area contributed by atoms with Gasteiger partial charge in [-0.1, -0.05) is 17.7 Å². The molecule has 0 fully saturated rings. The highest BCUT2D eigenvalue weighted by molar-refractivity contribution is 5.86. The molecule has 132 valence electrons. The monoisotopic (exact) mass is 342 g/mol. The molecule has 0 radical (unpaired) electrons. The van der Waals surface area contributed by atoms with Crippen LogP contribution in [0.3, 0.4) is 0 Å². The number of hydrogen-bond donors (Lipinski definition) is 4. The van der Waals surface area contributed by atoms with Crippen molar-refractivity contribution in [1.82, 2.24) is 9.55 Å². The Morgan fingerprint density at radius 2 is 1.60 bits per heavy atom. The summed E-state index contributed by atoms with van der Waals surface area (Å²) in [6, 6.07) is 8.46. The zero-order chi connectivity index (χ0) is 18.6. The van der Waals surface area contributed by atoms with E-state index in [4.69, 9.17) is 0 Å². The van der Waals surface area contributed by atoms with E-state index >= 15 is 0 Å². The van der Waals surface area contributed by atoms with E-state index in [0.717, 1.165) is 21.1 Å². The largest absolute Gasteiger partial charge is 0.356 e. The van der Waals surface area contributed by atoms with Gasteiger partial charge in [-0.05, 0) is 51.5 Å². The van der Waals surface area contributed by atoms with Crippen LogP contribution in [0.2, 0.25) is 0 Å². The highest BCUT2D eigenvalue weighted by atomic mass is 16.6. The molecule has 2 aromatic heterocycles. The van der Waals surface area contributed by atoms with Crippen molar-refractivity contribution >= 4 is 10.9 Å². The van der Waals surface area contributed by atoms with Gasteiger partial charge >= 0.3 is 5.91 Å². The summed E-state index contributed by atoms with van der Waals surface area (Å²) in [6.45, 7) is 7.25. The molecule has 0 aliphatic rings. The Bertz CT molecular complexity index is 940. The van der Waals surface area contributed by atoms with E-state index in [2.05, 4.69) is 4.98 Å². The Hall–Kier alpha value is -2.25. The minimum atomic E-state index is -2.99. The van der Waals surface area contributed by atoms with Gasteiger partial charge in [0.1, 0.15) is 0 Å². The molecule has 0 unspecified atom stereocenters. The molecule has 0 aliphatic carbocycles. The van der Waals surface area contributed by atoms with Crippen LogP contribution in [-0.4, -0.2) is 30.0 Å². The lowest BCUT2D eigenvalue weighted by Crippen LogP contribution is -2.54. The van der Waals surface area contributed by atoms with Crippen molar-refractivity contribution in [3.05, 3.63) is 64.6 Å². The predicted octanol–water partition coefficient (Wildman–Crippen LogP) is 1.70. The van der Waals surface area contributed by atoms with Crippen molar-refractivity contribution in [2.24, 2.45) is 0 Å². The van der Waals surface area contributed by atoms with Crippen LogP contribution >= 0.6 is 0 Å². The Kier molecular flexibility index (Phi) is 3.96. The molecule has 0 atom stereocenters. The quantitative estimate of drug-likeness (QED) is 0.543. The van der Waals surface area contributed by atoms with E-state index in [1.54, 1.807) is 26.0 Å². The van der Waals surface area contributed by atoms with E-state index in [1.165, 1.54) is 12.3 Å². The Morgan fingerprint density at radius 3 is 2.20 bits per heavy atom. The molecule has 3 rings (SSSR count). The predicted molar refractivity (Wildman–Crippen MR) is 93.7 cm³/mol. The lowest BCUT2D eigenvalue weighted by molar-refractivity contribution is -0.409. The molecule has 6 heteroatoms. The van der Waals surface area contributed by atoms with Crippen LogP contribution in [0.15, 0.2) is 36.5 Å². The van der Waals surface area contributed by atoms with Crippen LogP contribution in [0.25, 0.3) is 10.9 Å². The van der Waals surface area contributed by atoms with Gasteiger partial charge in [0.2, 0.25) is 0 Å². The molecule has 4 N–H and O–H groups in total. The summed E-state index contributed by atoms with van der Waals surface area (Å²) < 4.78 is 1.14. The zero-order valence-electron chi connectivity index (χ0n) is 14.6. The number of rotatable bonds is 3. The molecular weight excluding hydrogens is 320 g/mol. The van der Waals surface area contributed by atoms with Crippen molar-refractivity contribution in [1.29, 1.82) is 0 Å². The first-order valence-corrected chi connectivity index (χ1v) is 7.98. The number of nitrogens with zero attached hydrogens (tertiary/aromatic N) is 2. The number of hydrogen-bond acceptors (Lipinski definition) is 5. The molecule has 1 aromatic carbocycles. The zero-order valence-corrected chi connectivity index (χ0v) is 14.6. The number of fused-ring (bicyclic) bond motifs is 1. The van der Waals surface area contributed by atoms with Crippen molar-refractivity contribution < 1.29 is 20.4 Å². The van der Waals surface area contributed by atoms with Crippen LogP contribution < -0.4 is 0 Å². The minimum Gasteiger partial charge on any atom is -0.356 e. The molecule has 0 saturated carbocycles. The third kappa shape index (κ3) is 2.54. The fraction of sp³-hybridized carbons (Fsp3) is 0.316. The summed E-state index contributed by atoms with van der Waals surface area (Å²) in [5.41, 5.74) is 3.44. The lowest BCUT2D eigenvalue weighted by atomic mass is 10.0. The van der Waals surface area contributed by atoms with Gasteiger partial charge in [-0.3, -0.25) is 9.55 Å². The second-order valence-electron chi connectivity index (χ2n) is 6.56. The summed E-state index contributed by atoms with van der Waals surface area (Å²) in [7, 11) is 0. The van der Waals surface area contributed by atoms with Crippen LogP contribution in [-0.2, 0) is 11.7 Å². The normalized spacial score (nSPS) is 12.8. The molecule has 0 spiro atoms. The van der Waals surface area contributed by atoms with Gasteiger partial charge in [0, 0.05) is 28.5 Å². The van der Waals surface area contributed by atoms with E-state index in [1.807, 2.05) is 26.0 Å². The SMILES string of the molecule is Cc1ccc2c(c1)c(C)c(C)n2C(O)(O)C(O)(O)c1ccc(C)nc1. The fourth-order valence-corrected chi connectivity index (χ4v) is 3.11. The average molecular weight is 342 g/mol. The van der Waals surface area contributed by atoms with Crippen molar-refractivity contribution in [2.75, 3.05) is 0 Å². The summed E-state index contributed by atoms with van der Waals surface area (Å²) >= 11 is 0. The highest BCUT2D eigenvalue weighted by Gasteiger charge is 2.52. The number of pyridine rings is 1. The van der Waals surface area contributed by atoms with Gasteiger partial charge in [-0.15, -0.1) is 0 Å². The molecule has 0 amide bonds. The minimum absolute atomic E-state index is 0.117. The first kappa shape index (κ1) is 17.6. The second kappa shape index (κ2) is 5.64. The molecule has 25 heavy (non-hydrogen) atoms. The molecule has 0 aliphatic heterocycles. The van der Waals surface area contributed by atoms with E-state index in [0.29, 0.717) is 16.9 Å². The van der Waals surface area contributed by atoms with Gasteiger partial charge in [-0.25, -0.2) is 0 Å².